The number of likely N-dealkylation sites (tertiary alicyclic amines) is 2. The Morgan fingerprint density at radius 3 is 2.48 bits per heavy atom. The number of rotatable bonds is 4. The molecule has 3 rings (SSSR count). The molecule has 29 heavy (non-hydrogen) atoms. The van der Waals surface area contributed by atoms with Gasteiger partial charge in [-0.2, -0.15) is 0 Å². The van der Waals surface area contributed by atoms with Crippen molar-refractivity contribution >= 4 is 41.7 Å². The molecule has 2 aliphatic heterocycles. The number of hydrogen-bond donors (Lipinski definition) is 2. The number of aliphatic imine (C=N–C) groups is 1. The average Bonchev–Trinajstić information content (AvgIpc) is 3.19. The van der Waals surface area contributed by atoms with Crippen molar-refractivity contribution in [2.75, 3.05) is 38.0 Å². The van der Waals surface area contributed by atoms with Crippen molar-refractivity contribution in [3.05, 3.63) is 29.8 Å². The molecule has 2 aliphatic rings. The molecule has 2 heterocycles. The first-order valence-electron chi connectivity index (χ1n) is 10.7. The predicted molar refractivity (Wildman–Crippen MR) is 131 cm³/mol. The molecule has 0 radical (unpaired) electrons. The molecule has 0 bridgehead atoms. The van der Waals surface area contributed by atoms with E-state index in [1.807, 2.05) is 23.1 Å². The summed E-state index contributed by atoms with van der Waals surface area (Å²) in [6, 6.07) is 8.04. The fourth-order valence-electron chi connectivity index (χ4n) is 4.30. The van der Waals surface area contributed by atoms with Gasteiger partial charge in [0, 0.05) is 38.4 Å². The summed E-state index contributed by atoms with van der Waals surface area (Å²) < 4.78 is 0. The van der Waals surface area contributed by atoms with E-state index in [2.05, 4.69) is 42.4 Å². The number of nitrogens with one attached hydrogen (secondary N) is 2. The number of urea groups is 1. The molecular formula is C22H36IN5O. The Morgan fingerprint density at radius 1 is 1.14 bits per heavy atom. The maximum absolute atomic E-state index is 12.3. The number of hydrogen-bond acceptors (Lipinski definition) is 2. The summed E-state index contributed by atoms with van der Waals surface area (Å²) in [5, 5.41) is 6.47. The third-order valence-electron chi connectivity index (χ3n) is 5.49. The first-order valence-corrected chi connectivity index (χ1v) is 10.7. The summed E-state index contributed by atoms with van der Waals surface area (Å²) in [5.74, 6) is 2.38. The van der Waals surface area contributed by atoms with Gasteiger partial charge >= 0.3 is 6.03 Å². The number of carbonyl (C=O) groups excluding carboxylic acids is 1. The quantitative estimate of drug-likeness (QED) is 0.357. The number of piperidine rings is 1. The predicted octanol–water partition coefficient (Wildman–Crippen LogP) is 4.38. The molecule has 0 aromatic heterocycles. The molecule has 0 aliphatic carbocycles. The monoisotopic (exact) mass is 513 g/mol. The van der Waals surface area contributed by atoms with Gasteiger partial charge < -0.3 is 20.4 Å². The van der Waals surface area contributed by atoms with Gasteiger partial charge in [-0.25, -0.2) is 9.79 Å². The minimum absolute atomic E-state index is 0. The number of carbonyl (C=O) groups is 1. The zero-order valence-corrected chi connectivity index (χ0v) is 20.3. The van der Waals surface area contributed by atoms with Crippen LogP contribution in [0.5, 0.6) is 0 Å². The van der Waals surface area contributed by atoms with E-state index < -0.39 is 0 Å². The van der Waals surface area contributed by atoms with Crippen LogP contribution in [0.1, 0.15) is 45.6 Å². The van der Waals surface area contributed by atoms with Gasteiger partial charge in [0.25, 0.3) is 0 Å². The van der Waals surface area contributed by atoms with Crippen LogP contribution in [0.4, 0.5) is 10.5 Å². The Kier molecular flexibility index (Phi) is 9.52. The van der Waals surface area contributed by atoms with Gasteiger partial charge in [-0.3, -0.25) is 0 Å². The number of amides is 2. The van der Waals surface area contributed by atoms with E-state index in [0.717, 1.165) is 62.8 Å². The van der Waals surface area contributed by atoms with Crippen LogP contribution in [0.2, 0.25) is 0 Å². The maximum Gasteiger partial charge on any atom is 0.321 e. The molecule has 2 fully saturated rings. The fraction of sp³-hybridized carbons (Fsp3) is 0.636. The van der Waals surface area contributed by atoms with Crippen LogP contribution < -0.4 is 10.6 Å². The summed E-state index contributed by atoms with van der Waals surface area (Å²) in [6.07, 6.45) is 3.49. The molecule has 6 nitrogen and oxygen atoms in total. The van der Waals surface area contributed by atoms with Gasteiger partial charge in [-0.1, -0.05) is 26.0 Å². The zero-order chi connectivity index (χ0) is 19.9. The molecular weight excluding hydrogens is 477 g/mol. The van der Waals surface area contributed by atoms with Gasteiger partial charge in [-0.15, -0.1) is 24.0 Å². The summed E-state index contributed by atoms with van der Waals surface area (Å²) in [6.45, 7) is 12.0. The number of benzene rings is 1. The molecule has 2 N–H and O–H groups in total. The number of anilines is 1. The van der Waals surface area contributed by atoms with E-state index in [9.17, 15) is 4.79 Å². The van der Waals surface area contributed by atoms with Crippen molar-refractivity contribution in [2.45, 2.75) is 46.6 Å². The molecule has 2 unspecified atom stereocenters. The summed E-state index contributed by atoms with van der Waals surface area (Å²) >= 11 is 0. The normalized spacial score (nSPS) is 22.2. The van der Waals surface area contributed by atoms with Crippen molar-refractivity contribution in [3.63, 3.8) is 0 Å². The minimum Gasteiger partial charge on any atom is -0.357 e. The van der Waals surface area contributed by atoms with Crippen LogP contribution in [0, 0.1) is 11.8 Å². The van der Waals surface area contributed by atoms with Crippen LogP contribution in [0.15, 0.2) is 29.3 Å². The fourth-order valence-corrected chi connectivity index (χ4v) is 4.30. The standard InChI is InChI=1S/C22H35N5O.HI/c1-4-23-21(27-15-17(2)12-18(3)16-27)24-14-19-8-7-9-20(13-19)25-22(28)26-10-5-6-11-26;/h7-9,13,17-18H,4-6,10-12,14-16H2,1-3H3,(H,23,24)(H,25,28);1H. The third kappa shape index (κ3) is 7.04. The highest BCUT2D eigenvalue weighted by Gasteiger charge is 2.24. The van der Waals surface area contributed by atoms with Gasteiger partial charge in [0.15, 0.2) is 5.96 Å². The largest absolute Gasteiger partial charge is 0.357 e. The van der Waals surface area contributed by atoms with Crippen LogP contribution in [-0.2, 0) is 6.54 Å². The first kappa shape index (κ1) is 23.8. The smallest absolute Gasteiger partial charge is 0.321 e. The zero-order valence-electron chi connectivity index (χ0n) is 18.0. The lowest BCUT2D eigenvalue weighted by Crippen LogP contribution is -2.48. The highest BCUT2D eigenvalue weighted by atomic mass is 127. The molecule has 0 saturated carbocycles. The Bertz CT molecular complexity index is 680. The highest BCUT2D eigenvalue weighted by Crippen LogP contribution is 2.21. The van der Waals surface area contributed by atoms with Crippen molar-refractivity contribution in [3.8, 4) is 0 Å². The van der Waals surface area contributed by atoms with E-state index in [0.29, 0.717) is 18.4 Å². The molecule has 7 heteroatoms. The molecule has 1 aromatic carbocycles. The van der Waals surface area contributed by atoms with Crippen LogP contribution in [0.25, 0.3) is 0 Å². The van der Waals surface area contributed by atoms with Crippen molar-refractivity contribution < 1.29 is 4.79 Å². The van der Waals surface area contributed by atoms with Crippen LogP contribution >= 0.6 is 24.0 Å². The van der Waals surface area contributed by atoms with E-state index in [1.165, 1.54) is 6.42 Å². The Balaban J connectivity index is 0.00000300. The summed E-state index contributed by atoms with van der Waals surface area (Å²) in [7, 11) is 0. The van der Waals surface area contributed by atoms with Gasteiger partial charge in [-0.05, 0) is 55.7 Å². The second-order valence-corrected chi connectivity index (χ2v) is 8.35. The van der Waals surface area contributed by atoms with E-state index in [4.69, 9.17) is 4.99 Å². The molecule has 2 saturated heterocycles. The average molecular weight is 513 g/mol. The lowest BCUT2D eigenvalue weighted by atomic mass is 9.92. The molecule has 1 aromatic rings. The maximum atomic E-state index is 12.3. The molecule has 2 atom stereocenters. The van der Waals surface area contributed by atoms with Gasteiger partial charge in [0.1, 0.15) is 0 Å². The topological polar surface area (TPSA) is 60.0 Å². The SMILES string of the molecule is CCNC(=NCc1cccc(NC(=O)N2CCCC2)c1)N1CC(C)CC(C)C1.I. The highest BCUT2D eigenvalue weighted by molar-refractivity contribution is 14.0. The lowest BCUT2D eigenvalue weighted by Gasteiger charge is -2.37. The van der Waals surface area contributed by atoms with Gasteiger partial charge in [0.05, 0.1) is 6.54 Å². The summed E-state index contributed by atoms with van der Waals surface area (Å²) in [5.41, 5.74) is 1.95. The van der Waals surface area contributed by atoms with Crippen molar-refractivity contribution in [2.24, 2.45) is 16.8 Å². The number of guanidine groups is 1. The lowest BCUT2D eigenvalue weighted by molar-refractivity contribution is 0.208. The summed E-state index contributed by atoms with van der Waals surface area (Å²) in [4.78, 5) is 21.5. The molecule has 162 valence electrons. The van der Waals surface area contributed by atoms with Crippen molar-refractivity contribution in [1.82, 2.24) is 15.1 Å². The van der Waals surface area contributed by atoms with E-state index >= 15 is 0 Å². The van der Waals surface area contributed by atoms with Crippen molar-refractivity contribution in [1.29, 1.82) is 0 Å². The van der Waals surface area contributed by atoms with E-state index in [1.54, 1.807) is 0 Å². The Labute approximate surface area is 192 Å². The molecule has 2 amide bonds. The third-order valence-corrected chi connectivity index (χ3v) is 5.49. The number of halogens is 1. The van der Waals surface area contributed by atoms with E-state index in [-0.39, 0.29) is 30.0 Å². The minimum atomic E-state index is 0. The van der Waals surface area contributed by atoms with Crippen LogP contribution in [-0.4, -0.2) is 54.5 Å². The Morgan fingerprint density at radius 2 is 1.83 bits per heavy atom. The number of nitrogens with zero attached hydrogens (tertiary/aromatic N) is 3. The Hall–Kier alpha value is -1.51. The first-order chi connectivity index (χ1) is 13.5. The second kappa shape index (κ2) is 11.6. The van der Waals surface area contributed by atoms with Crippen LogP contribution in [0.3, 0.4) is 0 Å². The van der Waals surface area contributed by atoms with Gasteiger partial charge in [0.2, 0.25) is 0 Å². The second-order valence-electron chi connectivity index (χ2n) is 8.35. The molecule has 0 spiro atoms.